The molecule has 2 N–H and O–H groups in total. The maximum Gasteiger partial charge on any atom is 0.253 e. The Morgan fingerprint density at radius 1 is 1.10 bits per heavy atom. The van der Waals surface area contributed by atoms with Crippen molar-refractivity contribution in [3.63, 3.8) is 0 Å². The molecule has 1 aromatic carbocycles. The Hall–Kier alpha value is -1.69. The molecule has 1 fully saturated rings. The van der Waals surface area contributed by atoms with Gasteiger partial charge >= 0.3 is 0 Å². The highest BCUT2D eigenvalue weighted by Gasteiger charge is 2.20. The van der Waals surface area contributed by atoms with Crippen molar-refractivity contribution in [3.05, 3.63) is 40.0 Å². The fraction of sp³-hybridized carbons (Fsp3) is 0.583. The Bertz CT molecular complexity index is 860. The van der Waals surface area contributed by atoms with Crippen LogP contribution in [0, 0.1) is 0 Å². The van der Waals surface area contributed by atoms with Gasteiger partial charge in [-0.3, -0.25) is 9.78 Å². The van der Waals surface area contributed by atoms with Crippen molar-refractivity contribution in [2.24, 2.45) is 5.73 Å². The van der Waals surface area contributed by atoms with Crippen molar-refractivity contribution in [2.75, 3.05) is 40.3 Å². The minimum Gasteiger partial charge on any atom is -0.339 e. The third-order valence-corrected chi connectivity index (χ3v) is 6.34. The van der Waals surface area contributed by atoms with E-state index in [9.17, 15) is 4.79 Å². The van der Waals surface area contributed by atoms with Crippen molar-refractivity contribution in [3.8, 4) is 0 Å². The van der Waals surface area contributed by atoms with E-state index in [1.54, 1.807) is 0 Å². The number of hydrogen-bond donors (Lipinski definition) is 1. The quantitative estimate of drug-likeness (QED) is 0.788. The summed E-state index contributed by atoms with van der Waals surface area (Å²) in [6.45, 7) is 3.48. The van der Waals surface area contributed by atoms with Gasteiger partial charge < -0.3 is 15.5 Å². The predicted molar refractivity (Wildman–Crippen MR) is 125 cm³/mol. The molecule has 2 aliphatic rings. The van der Waals surface area contributed by atoms with Gasteiger partial charge in [0.05, 0.1) is 10.5 Å². The fourth-order valence-electron chi connectivity index (χ4n) is 4.21. The lowest BCUT2D eigenvalue weighted by atomic mass is 9.94. The number of halogens is 1. The summed E-state index contributed by atoms with van der Waals surface area (Å²) in [5.74, 6) is 0.134. The number of benzene rings is 1. The number of carbonyl (C=O) groups excluding carboxylic acids is 1. The molecule has 1 amide bonds. The second-order valence-corrected chi connectivity index (χ2v) is 8.97. The highest BCUT2D eigenvalue weighted by atomic mass is 35.5. The van der Waals surface area contributed by atoms with Crippen LogP contribution in [-0.2, 0) is 12.8 Å². The molecule has 1 aromatic heterocycles. The third-order valence-electron chi connectivity index (χ3n) is 5.91. The fourth-order valence-corrected chi connectivity index (χ4v) is 4.58. The number of hydrogen-bond acceptors (Lipinski definition) is 4. The molecule has 6 heteroatoms. The molecule has 1 aliphatic heterocycles. The predicted octanol–water partition coefficient (Wildman–Crippen LogP) is 4.29. The van der Waals surface area contributed by atoms with Crippen molar-refractivity contribution in [2.45, 2.75) is 51.4 Å². The highest BCUT2D eigenvalue weighted by Crippen LogP contribution is 2.33. The summed E-state index contributed by atoms with van der Waals surface area (Å²) >= 11 is 6.63. The van der Waals surface area contributed by atoms with E-state index in [1.807, 2.05) is 37.2 Å². The van der Waals surface area contributed by atoms with Gasteiger partial charge in [0, 0.05) is 42.8 Å². The molecule has 4 rings (SSSR count). The topological polar surface area (TPSA) is 62.5 Å². The zero-order chi connectivity index (χ0) is 21.5. The van der Waals surface area contributed by atoms with Gasteiger partial charge in [-0.15, -0.1) is 0 Å². The summed E-state index contributed by atoms with van der Waals surface area (Å²) in [7, 11) is 4.01. The number of likely N-dealkylation sites (N-methyl/N-ethyl adjacent to an activating group) is 1. The van der Waals surface area contributed by atoms with Crippen LogP contribution in [0.1, 0.15) is 60.1 Å². The summed E-state index contributed by atoms with van der Waals surface area (Å²) < 4.78 is 0. The SMILES string of the molecule is CN(C)CCN.O=C(c1ccc2c(Cl)c3c(nc2c1)CCCC3)N1CCCCCC1. The average Bonchev–Trinajstić information content (AvgIpc) is 3.03. The van der Waals surface area contributed by atoms with E-state index in [0.29, 0.717) is 0 Å². The molecule has 0 saturated carbocycles. The maximum absolute atomic E-state index is 12.8. The number of carbonyl (C=O) groups is 1. The van der Waals surface area contributed by atoms with Crippen LogP contribution in [0.4, 0.5) is 0 Å². The van der Waals surface area contributed by atoms with Crippen LogP contribution in [-0.4, -0.2) is 61.0 Å². The van der Waals surface area contributed by atoms with Gasteiger partial charge in [0.1, 0.15) is 0 Å². The number of rotatable bonds is 3. The Balaban J connectivity index is 0.000000377. The molecular formula is C24H35ClN4O. The first-order valence-electron chi connectivity index (χ1n) is 11.3. The molecule has 1 saturated heterocycles. The van der Waals surface area contributed by atoms with Crippen LogP contribution in [0.15, 0.2) is 18.2 Å². The zero-order valence-corrected chi connectivity index (χ0v) is 19.2. The number of likely N-dealkylation sites (tertiary alicyclic amines) is 1. The lowest BCUT2D eigenvalue weighted by Crippen LogP contribution is -2.31. The average molecular weight is 431 g/mol. The van der Waals surface area contributed by atoms with Crippen molar-refractivity contribution in [1.82, 2.24) is 14.8 Å². The van der Waals surface area contributed by atoms with E-state index < -0.39 is 0 Å². The highest BCUT2D eigenvalue weighted by molar-refractivity contribution is 6.36. The molecule has 2 heterocycles. The first-order valence-corrected chi connectivity index (χ1v) is 11.6. The van der Waals surface area contributed by atoms with Gasteiger partial charge in [-0.05, 0) is 70.3 Å². The summed E-state index contributed by atoms with van der Waals surface area (Å²) in [5.41, 5.74) is 9.12. The van der Waals surface area contributed by atoms with Crippen LogP contribution in [0.3, 0.4) is 0 Å². The number of nitrogens with two attached hydrogens (primary N) is 1. The van der Waals surface area contributed by atoms with Crippen LogP contribution in [0.25, 0.3) is 10.9 Å². The standard InChI is InChI=1S/C20H23ClN2O.C4H12N2/c21-19-15-7-3-4-8-17(15)22-18-13-14(9-10-16(18)19)20(24)23-11-5-1-2-6-12-23;1-6(2)4-3-5/h9-10,13H,1-8,11-12H2;3-5H2,1-2H3. The first kappa shape index (κ1) is 23.0. The molecule has 0 bridgehead atoms. The smallest absolute Gasteiger partial charge is 0.253 e. The molecule has 0 atom stereocenters. The molecule has 164 valence electrons. The number of aryl methyl sites for hydroxylation is 1. The van der Waals surface area contributed by atoms with Gasteiger partial charge in [0.2, 0.25) is 0 Å². The third kappa shape index (κ3) is 5.71. The number of nitrogens with zero attached hydrogens (tertiary/aromatic N) is 3. The van der Waals surface area contributed by atoms with E-state index in [4.69, 9.17) is 22.3 Å². The Morgan fingerprint density at radius 3 is 2.43 bits per heavy atom. The minimum absolute atomic E-state index is 0.134. The maximum atomic E-state index is 12.8. The van der Waals surface area contributed by atoms with E-state index >= 15 is 0 Å². The second kappa shape index (κ2) is 11.1. The molecule has 2 aromatic rings. The van der Waals surface area contributed by atoms with Gasteiger partial charge in [0.15, 0.2) is 0 Å². The summed E-state index contributed by atoms with van der Waals surface area (Å²) in [6, 6.07) is 5.83. The molecule has 5 nitrogen and oxygen atoms in total. The van der Waals surface area contributed by atoms with Crippen molar-refractivity contribution in [1.29, 1.82) is 0 Å². The number of fused-ring (bicyclic) bond motifs is 2. The van der Waals surface area contributed by atoms with Crippen LogP contribution >= 0.6 is 11.6 Å². The lowest BCUT2D eigenvalue weighted by molar-refractivity contribution is 0.0762. The summed E-state index contributed by atoms with van der Waals surface area (Å²) in [5, 5.41) is 1.81. The lowest BCUT2D eigenvalue weighted by Gasteiger charge is -2.21. The van der Waals surface area contributed by atoms with Gasteiger partial charge in [-0.2, -0.15) is 0 Å². The zero-order valence-electron chi connectivity index (χ0n) is 18.4. The Labute approximate surface area is 185 Å². The molecular weight excluding hydrogens is 396 g/mol. The largest absolute Gasteiger partial charge is 0.339 e. The van der Waals surface area contributed by atoms with E-state index in [2.05, 4.69) is 4.90 Å². The summed E-state index contributed by atoms with van der Waals surface area (Å²) in [6.07, 6.45) is 9.05. The monoisotopic (exact) mass is 430 g/mol. The van der Waals surface area contributed by atoms with Crippen LogP contribution in [0.2, 0.25) is 5.02 Å². The number of amides is 1. The molecule has 0 radical (unpaired) electrons. The molecule has 0 spiro atoms. The first-order chi connectivity index (χ1) is 14.5. The van der Waals surface area contributed by atoms with Gasteiger partial charge in [-0.25, -0.2) is 0 Å². The van der Waals surface area contributed by atoms with Crippen molar-refractivity contribution < 1.29 is 4.79 Å². The normalized spacial score (nSPS) is 16.6. The Kier molecular flexibility index (Phi) is 8.49. The second-order valence-electron chi connectivity index (χ2n) is 8.59. The van der Waals surface area contributed by atoms with E-state index in [0.717, 1.165) is 79.0 Å². The molecule has 0 unspecified atom stereocenters. The van der Waals surface area contributed by atoms with Gasteiger partial charge in [0.25, 0.3) is 5.91 Å². The van der Waals surface area contributed by atoms with Crippen LogP contribution < -0.4 is 5.73 Å². The van der Waals surface area contributed by atoms with Crippen LogP contribution in [0.5, 0.6) is 0 Å². The number of pyridine rings is 1. The van der Waals surface area contributed by atoms with Gasteiger partial charge in [-0.1, -0.05) is 30.5 Å². The molecule has 30 heavy (non-hydrogen) atoms. The number of aromatic nitrogens is 1. The minimum atomic E-state index is 0.134. The van der Waals surface area contributed by atoms with Crippen molar-refractivity contribution >= 4 is 28.4 Å². The summed E-state index contributed by atoms with van der Waals surface area (Å²) in [4.78, 5) is 21.7. The Morgan fingerprint density at radius 2 is 1.80 bits per heavy atom. The van der Waals surface area contributed by atoms with E-state index in [1.165, 1.54) is 31.2 Å². The molecule has 1 aliphatic carbocycles. The van der Waals surface area contributed by atoms with E-state index in [-0.39, 0.29) is 5.91 Å².